The van der Waals surface area contributed by atoms with E-state index in [9.17, 15) is 4.79 Å². The van der Waals surface area contributed by atoms with Crippen LogP contribution in [-0.2, 0) is 6.54 Å². The third-order valence-electron chi connectivity index (χ3n) is 3.96. The molecular weight excluding hydrogens is 294 g/mol. The molecule has 1 N–H and O–H groups in total. The second kappa shape index (κ2) is 5.93. The van der Waals surface area contributed by atoms with Crippen LogP contribution in [0, 0.1) is 20.8 Å². The van der Waals surface area contributed by atoms with Gasteiger partial charge >= 0.3 is 0 Å². The topological polar surface area (TPSA) is 46.9 Å². The third-order valence-corrected chi connectivity index (χ3v) is 4.92. The highest BCUT2D eigenvalue weighted by molar-refractivity contribution is 7.17. The van der Waals surface area contributed by atoms with Crippen molar-refractivity contribution in [1.29, 1.82) is 0 Å². The predicted molar refractivity (Wildman–Crippen MR) is 90.6 cm³/mol. The van der Waals surface area contributed by atoms with Crippen LogP contribution in [0.3, 0.4) is 0 Å². The Morgan fingerprint density at radius 2 is 2.14 bits per heavy atom. The van der Waals surface area contributed by atoms with E-state index >= 15 is 0 Å². The summed E-state index contributed by atoms with van der Waals surface area (Å²) in [4.78, 5) is 16.6. The molecule has 3 rings (SSSR count). The molecule has 0 unspecified atom stereocenters. The molecule has 0 spiro atoms. The highest BCUT2D eigenvalue weighted by Crippen LogP contribution is 2.26. The second-order valence-corrected chi connectivity index (χ2v) is 6.42. The molecule has 0 fully saturated rings. The largest absolute Gasteiger partial charge is 0.350 e. The summed E-state index contributed by atoms with van der Waals surface area (Å²) < 4.78 is 3.21. The fraction of sp³-hybridized carbons (Fsp3) is 0.294. The SMILES string of the molecule is Cc1ccc2scc(C(=O)NCCn3cnc(C)c3C)c2c1. The zero-order valence-electron chi connectivity index (χ0n) is 13.0. The molecule has 0 saturated heterocycles. The molecule has 0 saturated carbocycles. The number of imidazole rings is 1. The molecule has 1 amide bonds. The Kier molecular flexibility index (Phi) is 3.98. The van der Waals surface area contributed by atoms with Crippen LogP contribution in [0.4, 0.5) is 0 Å². The minimum atomic E-state index is -0.00802. The molecule has 114 valence electrons. The molecule has 3 aromatic rings. The van der Waals surface area contributed by atoms with Crippen molar-refractivity contribution in [2.45, 2.75) is 27.3 Å². The van der Waals surface area contributed by atoms with Crippen LogP contribution in [0.1, 0.15) is 27.3 Å². The maximum absolute atomic E-state index is 12.4. The van der Waals surface area contributed by atoms with E-state index in [1.807, 2.05) is 32.5 Å². The van der Waals surface area contributed by atoms with Crippen molar-refractivity contribution in [3.05, 3.63) is 52.4 Å². The monoisotopic (exact) mass is 313 g/mol. The summed E-state index contributed by atoms with van der Waals surface area (Å²) in [6.07, 6.45) is 1.82. The van der Waals surface area contributed by atoms with Gasteiger partial charge in [-0.15, -0.1) is 11.3 Å². The first-order valence-corrected chi connectivity index (χ1v) is 8.18. The van der Waals surface area contributed by atoms with Crippen LogP contribution in [0.25, 0.3) is 10.1 Å². The molecule has 0 atom stereocenters. The number of aryl methyl sites for hydroxylation is 2. The van der Waals surface area contributed by atoms with Crippen molar-refractivity contribution in [3.8, 4) is 0 Å². The first-order valence-electron chi connectivity index (χ1n) is 7.30. The predicted octanol–water partition coefficient (Wildman–Crippen LogP) is 3.45. The van der Waals surface area contributed by atoms with Gasteiger partial charge in [-0.2, -0.15) is 0 Å². The number of amides is 1. The number of rotatable bonds is 4. The Bertz CT molecular complexity index is 832. The van der Waals surface area contributed by atoms with E-state index in [-0.39, 0.29) is 5.91 Å². The first kappa shape index (κ1) is 14.8. The van der Waals surface area contributed by atoms with Gasteiger partial charge in [0.2, 0.25) is 0 Å². The van der Waals surface area contributed by atoms with Gasteiger partial charge in [0.15, 0.2) is 0 Å². The molecule has 5 heteroatoms. The first-order chi connectivity index (χ1) is 10.6. The Morgan fingerprint density at radius 3 is 2.86 bits per heavy atom. The lowest BCUT2D eigenvalue weighted by atomic mass is 10.1. The van der Waals surface area contributed by atoms with Crippen LogP contribution in [0.2, 0.25) is 0 Å². The van der Waals surface area contributed by atoms with Crippen LogP contribution in [0.5, 0.6) is 0 Å². The van der Waals surface area contributed by atoms with Gasteiger partial charge in [-0.3, -0.25) is 4.79 Å². The molecule has 2 aromatic heterocycles. The van der Waals surface area contributed by atoms with Crippen LogP contribution >= 0.6 is 11.3 Å². The zero-order valence-corrected chi connectivity index (χ0v) is 13.8. The number of carbonyl (C=O) groups is 1. The van der Waals surface area contributed by atoms with Gasteiger partial charge in [0, 0.05) is 34.2 Å². The third kappa shape index (κ3) is 2.76. The van der Waals surface area contributed by atoms with Crippen molar-refractivity contribution < 1.29 is 4.79 Å². The number of hydrogen-bond acceptors (Lipinski definition) is 3. The Labute approximate surface area is 133 Å². The van der Waals surface area contributed by atoms with Crippen molar-refractivity contribution in [2.75, 3.05) is 6.54 Å². The summed E-state index contributed by atoms with van der Waals surface area (Å²) in [6, 6.07) is 6.22. The number of fused-ring (bicyclic) bond motifs is 1. The molecule has 0 bridgehead atoms. The lowest BCUT2D eigenvalue weighted by molar-refractivity contribution is 0.0954. The lowest BCUT2D eigenvalue weighted by Gasteiger charge is -2.07. The number of thiophene rings is 1. The fourth-order valence-electron chi connectivity index (χ4n) is 2.47. The summed E-state index contributed by atoms with van der Waals surface area (Å²) in [5.41, 5.74) is 4.11. The van der Waals surface area contributed by atoms with E-state index < -0.39 is 0 Å². The van der Waals surface area contributed by atoms with E-state index in [0.717, 1.165) is 33.6 Å². The normalized spacial score (nSPS) is 11.0. The summed E-state index contributed by atoms with van der Waals surface area (Å²) in [5, 5.41) is 5.98. The maximum Gasteiger partial charge on any atom is 0.252 e. The standard InChI is InChI=1S/C17H19N3OS/c1-11-4-5-16-14(8-11)15(9-22-16)17(21)18-6-7-20-10-19-12(2)13(20)3/h4-5,8-10H,6-7H2,1-3H3,(H,18,21). The Hall–Kier alpha value is -2.14. The maximum atomic E-state index is 12.4. The van der Waals surface area contributed by atoms with Crippen LogP contribution < -0.4 is 5.32 Å². The number of carbonyl (C=O) groups excluding carboxylic acids is 1. The summed E-state index contributed by atoms with van der Waals surface area (Å²) in [5.74, 6) is -0.00802. The molecule has 0 aliphatic heterocycles. The van der Waals surface area contributed by atoms with Crippen LogP contribution in [-0.4, -0.2) is 22.0 Å². The van der Waals surface area contributed by atoms with Crippen molar-refractivity contribution in [1.82, 2.24) is 14.9 Å². The van der Waals surface area contributed by atoms with Crippen molar-refractivity contribution in [2.24, 2.45) is 0 Å². The molecule has 4 nitrogen and oxygen atoms in total. The molecule has 0 aliphatic rings. The molecule has 22 heavy (non-hydrogen) atoms. The lowest BCUT2D eigenvalue weighted by Crippen LogP contribution is -2.27. The molecule has 1 aromatic carbocycles. The van der Waals surface area contributed by atoms with Crippen LogP contribution in [0.15, 0.2) is 29.9 Å². The fourth-order valence-corrected chi connectivity index (χ4v) is 3.39. The van der Waals surface area contributed by atoms with Gasteiger partial charge in [0.05, 0.1) is 17.6 Å². The summed E-state index contributed by atoms with van der Waals surface area (Å²) in [7, 11) is 0. The minimum Gasteiger partial charge on any atom is -0.350 e. The van der Waals surface area contributed by atoms with E-state index in [1.165, 1.54) is 5.56 Å². The highest BCUT2D eigenvalue weighted by atomic mass is 32.1. The van der Waals surface area contributed by atoms with Crippen molar-refractivity contribution >= 4 is 27.3 Å². The van der Waals surface area contributed by atoms with E-state index in [0.29, 0.717) is 6.54 Å². The molecule has 0 aliphatic carbocycles. The van der Waals surface area contributed by atoms with E-state index in [1.54, 1.807) is 11.3 Å². The highest BCUT2D eigenvalue weighted by Gasteiger charge is 2.12. The quantitative estimate of drug-likeness (QED) is 0.802. The molecule has 2 heterocycles. The van der Waals surface area contributed by atoms with Gasteiger partial charge in [0.1, 0.15) is 0 Å². The van der Waals surface area contributed by atoms with E-state index in [2.05, 4.69) is 33.1 Å². The van der Waals surface area contributed by atoms with Crippen molar-refractivity contribution in [3.63, 3.8) is 0 Å². The van der Waals surface area contributed by atoms with Gasteiger partial charge in [-0.25, -0.2) is 4.98 Å². The molecule has 0 radical (unpaired) electrons. The average molecular weight is 313 g/mol. The van der Waals surface area contributed by atoms with Gasteiger partial charge in [-0.05, 0) is 32.9 Å². The Morgan fingerprint density at radius 1 is 1.32 bits per heavy atom. The molecular formula is C17H19N3OS. The smallest absolute Gasteiger partial charge is 0.252 e. The van der Waals surface area contributed by atoms with Gasteiger partial charge < -0.3 is 9.88 Å². The number of benzene rings is 1. The summed E-state index contributed by atoms with van der Waals surface area (Å²) in [6.45, 7) is 7.41. The second-order valence-electron chi connectivity index (χ2n) is 5.51. The van der Waals surface area contributed by atoms with E-state index in [4.69, 9.17) is 0 Å². The number of nitrogens with one attached hydrogen (secondary N) is 1. The Balaban J connectivity index is 1.69. The van der Waals surface area contributed by atoms with Gasteiger partial charge in [0.25, 0.3) is 5.91 Å². The summed E-state index contributed by atoms with van der Waals surface area (Å²) >= 11 is 1.61. The number of hydrogen-bond donors (Lipinski definition) is 1. The number of nitrogens with zero attached hydrogens (tertiary/aromatic N) is 2. The zero-order chi connectivity index (χ0) is 15.7. The van der Waals surface area contributed by atoms with Gasteiger partial charge in [-0.1, -0.05) is 11.6 Å². The number of aromatic nitrogens is 2. The average Bonchev–Trinajstić information content (AvgIpc) is 3.05. The minimum absolute atomic E-state index is 0.00802.